The second-order valence-corrected chi connectivity index (χ2v) is 6.33. The van der Waals surface area contributed by atoms with Gasteiger partial charge in [-0.2, -0.15) is 4.99 Å². The monoisotopic (exact) mass is 319 g/mol. The van der Waals surface area contributed by atoms with Gasteiger partial charge in [-0.3, -0.25) is 4.79 Å². The minimum Gasteiger partial charge on any atom is -0.476 e. The van der Waals surface area contributed by atoms with E-state index in [2.05, 4.69) is 11.6 Å². The largest absolute Gasteiger partial charge is 0.476 e. The standard InChI is InChI=1S/C21H21NO2/c1-14(2)19-22-20(23)21(13-24-19,17-11-7-5-9-15(17)3)18-12-8-6-10-16(18)4/h5-12H,1,13H2,2-4H3. The number of nitrogens with zero attached hydrogens (tertiary/aromatic N) is 1. The molecule has 0 bridgehead atoms. The number of aliphatic imine (C=N–C) groups is 1. The van der Waals surface area contributed by atoms with Crippen LogP contribution in [0.15, 0.2) is 65.7 Å². The number of amides is 1. The summed E-state index contributed by atoms with van der Waals surface area (Å²) >= 11 is 0. The molecule has 0 aliphatic carbocycles. The van der Waals surface area contributed by atoms with E-state index in [0.29, 0.717) is 11.5 Å². The molecule has 2 aromatic carbocycles. The van der Waals surface area contributed by atoms with Crippen molar-refractivity contribution in [3.63, 3.8) is 0 Å². The third-order valence-electron chi connectivity index (χ3n) is 4.57. The molecule has 1 aliphatic rings. The molecule has 3 heteroatoms. The van der Waals surface area contributed by atoms with Gasteiger partial charge in [-0.05, 0) is 43.0 Å². The van der Waals surface area contributed by atoms with E-state index in [-0.39, 0.29) is 12.5 Å². The minimum absolute atomic E-state index is 0.199. The summed E-state index contributed by atoms with van der Waals surface area (Å²) in [4.78, 5) is 17.5. The van der Waals surface area contributed by atoms with Gasteiger partial charge in [0.05, 0.1) is 0 Å². The predicted octanol–water partition coefficient (Wildman–Crippen LogP) is 4.12. The maximum atomic E-state index is 13.2. The average Bonchev–Trinajstić information content (AvgIpc) is 2.56. The zero-order valence-electron chi connectivity index (χ0n) is 14.3. The molecule has 122 valence electrons. The third-order valence-corrected chi connectivity index (χ3v) is 4.57. The number of rotatable bonds is 3. The number of hydrogen-bond donors (Lipinski definition) is 0. The van der Waals surface area contributed by atoms with Crippen molar-refractivity contribution in [1.29, 1.82) is 0 Å². The Balaban J connectivity index is 2.29. The summed E-state index contributed by atoms with van der Waals surface area (Å²) < 4.78 is 5.87. The zero-order valence-corrected chi connectivity index (χ0v) is 14.3. The van der Waals surface area contributed by atoms with Crippen LogP contribution in [0.3, 0.4) is 0 Å². The van der Waals surface area contributed by atoms with Crippen LogP contribution in [0.2, 0.25) is 0 Å². The fraction of sp³-hybridized carbons (Fsp3) is 0.238. The van der Waals surface area contributed by atoms with E-state index in [1.807, 2.05) is 62.4 Å². The molecule has 3 nitrogen and oxygen atoms in total. The van der Waals surface area contributed by atoms with E-state index in [0.717, 1.165) is 22.3 Å². The lowest BCUT2D eigenvalue weighted by atomic mass is 9.71. The number of aryl methyl sites for hydroxylation is 2. The van der Waals surface area contributed by atoms with Gasteiger partial charge in [0.15, 0.2) is 0 Å². The fourth-order valence-electron chi connectivity index (χ4n) is 3.31. The number of carbonyl (C=O) groups is 1. The highest BCUT2D eigenvalue weighted by Crippen LogP contribution is 2.39. The van der Waals surface area contributed by atoms with Gasteiger partial charge in [0, 0.05) is 5.57 Å². The van der Waals surface area contributed by atoms with Crippen LogP contribution in [0.4, 0.5) is 0 Å². The molecule has 1 heterocycles. The topological polar surface area (TPSA) is 38.7 Å². The Hall–Kier alpha value is -2.68. The highest BCUT2D eigenvalue weighted by molar-refractivity contribution is 6.07. The lowest BCUT2D eigenvalue weighted by Gasteiger charge is -2.36. The maximum Gasteiger partial charge on any atom is 0.267 e. The summed E-state index contributed by atoms with van der Waals surface area (Å²) in [7, 11) is 0. The van der Waals surface area contributed by atoms with Gasteiger partial charge >= 0.3 is 0 Å². The Kier molecular flexibility index (Phi) is 4.10. The third kappa shape index (κ3) is 2.46. The molecule has 0 fully saturated rings. The Morgan fingerprint density at radius 2 is 1.54 bits per heavy atom. The molecule has 1 amide bonds. The van der Waals surface area contributed by atoms with Gasteiger partial charge < -0.3 is 4.74 Å². The van der Waals surface area contributed by atoms with Crippen LogP contribution in [-0.2, 0) is 14.9 Å². The van der Waals surface area contributed by atoms with E-state index in [1.54, 1.807) is 6.92 Å². The van der Waals surface area contributed by atoms with Crippen molar-refractivity contribution in [3.05, 3.63) is 82.9 Å². The lowest BCUT2D eigenvalue weighted by Crippen LogP contribution is -2.46. The molecule has 24 heavy (non-hydrogen) atoms. The minimum atomic E-state index is -0.921. The van der Waals surface area contributed by atoms with Crippen LogP contribution < -0.4 is 0 Å². The van der Waals surface area contributed by atoms with Gasteiger partial charge in [-0.25, -0.2) is 0 Å². The molecule has 2 aromatic rings. The van der Waals surface area contributed by atoms with E-state index in [9.17, 15) is 4.79 Å². The van der Waals surface area contributed by atoms with E-state index in [1.165, 1.54) is 0 Å². The molecule has 0 aromatic heterocycles. The first-order valence-electron chi connectivity index (χ1n) is 8.01. The molecule has 0 N–H and O–H groups in total. The van der Waals surface area contributed by atoms with Gasteiger partial charge in [0.25, 0.3) is 5.91 Å². The fourth-order valence-corrected chi connectivity index (χ4v) is 3.31. The molecule has 0 atom stereocenters. The van der Waals surface area contributed by atoms with Crippen molar-refractivity contribution in [2.45, 2.75) is 26.2 Å². The summed E-state index contributed by atoms with van der Waals surface area (Å²) in [6.07, 6.45) is 0. The van der Waals surface area contributed by atoms with Gasteiger partial charge in [-0.15, -0.1) is 0 Å². The normalized spacial score (nSPS) is 16.3. The molecule has 0 spiro atoms. The first-order chi connectivity index (χ1) is 11.5. The number of benzene rings is 2. The van der Waals surface area contributed by atoms with Gasteiger partial charge in [0.2, 0.25) is 5.90 Å². The first kappa shape index (κ1) is 16.2. The van der Waals surface area contributed by atoms with Crippen molar-refractivity contribution < 1.29 is 9.53 Å². The quantitative estimate of drug-likeness (QED) is 0.853. The maximum absolute atomic E-state index is 13.2. The van der Waals surface area contributed by atoms with Crippen molar-refractivity contribution in [2.24, 2.45) is 4.99 Å². The molecule has 3 rings (SSSR count). The molecular formula is C21H21NO2. The van der Waals surface area contributed by atoms with Crippen LogP contribution in [0.25, 0.3) is 0 Å². The lowest BCUT2D eigenvalue weighted by molar-refractivity contribution is -0.124. The zero-order chi connectivity index (χ0) is 17.3. The van der Waals surface area contributed by atoms with Crippen molar-refractivity contribution in [3.8, 4) is 0 Å². The molecule has 0 saturated heterocycles. The molecular weight excluding hydrogens is 298 g/mol. The Morgan fingerprint density at radius 3 is 1.96 bits per heavy atom. The SMILES string of the molecule is C=C(C)C1=NC(=O)C(c2ccccc2C)(c2ccccc2C)CO1. The van der Waals surface area contributed by atoms with E-state index < -0.39 is 5.41 Å². The molecule has 1 aliphatic heterocycles. The summed E-state index contributed by atoms with van der Waals surface area (Å²) in [5, 5.41) is 0. The van der Waals surface area contributed by atoms with Crippen molar-refractivity contribution in [2.75, 3.05) is 6.61 Å². The van der Waals surface area contributed by atoms with Crippen molar-refractivity contribution >= 4 is 11.8 Å². The van der Waals surface area contributed by atoms with Gasteiger partial charge in [0.1, 0.15) is 12.0 Å². The number of hydrogen-bond acceptors (Lipinski definition) is 2. The Labute approximate surface area is 142 Å². The summed E-state index contributed by atoms with van der Waals surface area (Å²) in [6, 6.07) is 15.9. The van der Waals surface area contributed by atoms with Crippen LogP contribution in [0, 0.1) is 13.8 Å². The smallest absolute Gasteiger partial charge is 0.267 e. The second-order valence-electron chi connectivity index (χ2n) is 6.33. The van der Waals surface area contributed by atoms with E-state index >= 15 is 0 Å². The Morgan fingerprint density at radius 1 is 1.04 bits per heavy atom. The number of carbonyl (C=O) groups excluding carboxylic acids is 1. The molecule has 0 radical (unpaired) electrons. The van der Waals surface area contributed by atoms with E-state index in [4.69, 9.17) is 4.74 Å². The average molecular weight is 319 g/mol. The number of ether oxygens (including phenoxy) is 1. The second kappa shape index (κ2) is 6.08. The molecule has 0 saturated carbocycles. The Bertz CT molecular complexity index is 803. The van der Waals surface area contributed by atoms with Crippen LogP contribution in [0.1, 0.15) is 29.2 Å². The van der Waals surface area contributed by atoms with Crippen LogP contribution >= 0.6 is 0 Å². The highest BCUT2D eigenvalue weighted by Gasteiger charge is 2.47. The van der Waals surface area contributed by atoms with Gasteiger partial charge in [-0.1, -0.05) is 55.1 Å². The first-order valence-corrected chi connectivity index (χ1v) is 8.01. The molecule has 0 unspecified atom stereocenters. The van der Waals surface area contributed by atoms with Crippen molar-refractivity contribution in [1.82, 2.24) is 0 Å². The highest BCUT2D eigenvalue weighted by atomic mass is 16.5. The summed E-state index contributed by atoms with van der Waals surface area (Å²) in [5.74, 6) is 0.133. The summed E-state index contributed by atoms with van der Waals surface area (Å²) in [5.41, 5.74) is 3.71. The van der Waals surface area contributed by atoms with Crippen LogP contribution in [-0.4, -0.2) is 18.4 Å². The summed E-state index contributed by atoms with van der Waals surface area (Å²) in [6.45, 7) is 9.88. The predicted molar refractivity (Wildman–Crippen MR) is 96.3 cm³/mol. The van der Waals surface area contributed by atoms with Crippen LogP contribution in [0.5, 0.6) is 0 Å².